The van der Waals surface area contributed by atoms with E-state index in [9.17, 15) is 43.2 Å². The Bertz CT molecular complexity index is 1750. The molecule has 17 nitrogen and oxygen atoms in total. The van der Waals surface area contributed by atoms with Crippen LogP contribution in [-0.4, -0.2) is 96.7 Å². The van der Waals surface area contributed by atoms with Gasteiger partial charge in [0.2, 0.25) is 0 Å². The van der Waals surface area contributed by atoms with Gasteiger partial charge in [0.25, 0.3) is 0 Å². The highest BCUT2D eigenvalue weighted by molar-refractivity contribution is 7.47. The molecule has 0 aromatic rings. The molecule has 0 heterocycles. The van der Waals surface area contributed by atoms with Crippen LogP contribution in [0.4, 0.5) is 0 Å². The molecule has 0 aromatic carbocycles. The minimum Gasteiger partial charge on any atom is -0.462 e. The largest absolute Gasteiger partial charge is 0.472 e. The molecule has 0 amide bonds. The van der Waals surface area contributed by atoms with Crippen molar-refractivity contribution < 1.29 is 80.2 Å². The van der Waals surface area contributed by atoms with Crippen LogP contribution < -0.4 is 0 Å². The van der Waals surface area contributed by atoms with Crippen LogP contribution in [0.3, 0.4) is 0 Å². The van der Waals surface area contributed by atoms with Gasteiger partial charge in [0.15, 0.2) is 12.2 Å². The highest BCUT2D eigenvalue weighted by atomic mass is 31.2. The molecule has 0 rings (SSSR count). The summed E-state index contributed by atoms with van der Waals surface area (Å²) in [6.07, 6.45) is 53.1. The van der Waals surface area contributed by atoms with Gasteiger partial charge in [-0.1, -0.05) is 324 Å². The SMILES string of the molecule is CCCCCCCCCCCCCCCCCCCCCCCCC(=O)O[C@H](COC(=O)CCCCCCCCCCC(C)C)COP(=O)(O)OC[C@@H](O)COP(=O)(O)OC[C@@H](COC(=O)CCCCCCCCC)OC(=O)CCCCCCCCCCCCC. The summed E-state index contributed by atoms with van der Waals surface area (Å²) in [6.45, 7) is 7.17. The van der Waals surface area contributed by atoms with Crippen LogP contribution in [0.1, 0.15) is 375 Å². The Morgan fingerprint density at radius 2 is 0.505 bits per heavy atom. The zero-order chi connectivity index (χ0) is 67.0. The monoisotopic (exact) mass is 1340 g/mol. The van der Waals surface area contributed by atoms with Gasteiger partial charge >= 0.3 is 39.5 Å². The second-order valence-electron chi connectivity index (χ2n) is 26.5. The smallest absolute Gasteiger partial charge is 0.462 e. The third-order valence-corrected chi connectivity index (χ3v) is 18.7. The summed E-state index contributed by atoms with van der Waals surface area (Å²) in [5, 5.41) is 10.6. The number of ether oxygens (including phenoxy) is 4. The number of phosphoric ester groups is 2. The Morgan fingerprint density at radius 1 is 0.297 bits per heavy atom. The number of unbranched alkanes of at least 4 members (excludes halogenated alkanes) is 44. The normalized spacial score (nSPS) is 14.0. The standard InChI is InChI=1S/C72H140O17P2/c1-6-9-12-15-18-20-22-23-24-25-26-27-28-29-30-31-32-34-36-43-48-53-58-72(77)89-68(62-83-70(75)56-51-46-41-38-37-40-44-49-54-65(4)5)64-87-91(80,81)85-60-66(73)59-84-90(78,79)86-63-67(61-82-69(74)55-50-45-39-17-14-11-8-3)88-71(76)57-52-47-42-35-33-21-19-16-13-10-7-2/h65-68,73H,6-64H2,1-5H3,(H,78,79)(H,80,81)/t66-,67+,68+/m0/s1. The van der Waals surface area contributed by atoms with Gasteiger partial charge < -0.3 is 33.8 Å². The van der Waals surface area contributed by atoms with Gasteiger partial charge in [0.1, 0.15) is 19.3 Å². The predicted octanol–water partition coefficient (Wildman–Crippen LogP) is 20.9. The van der Waals surface area contributed by atoms with E-state index in [1.54, 1.807) is 0 Å². The molecule has 91 heavy (non-hydrogen) atoms. The van der Waals surface area contributed by atoms with Crippen molar-refractivity contribution >= 4 is 39.5 Å². The van der Waals surface area contributed by atoms with E-state index in [1.807, 2.05) is 0 Å². The van der Waals surface area contributed by atoms with Gasteiger partial charge in [0.05, 0.1) is 26.4 Å². The zero-order valence-electron chi connectivity index (χ0n) is 59.0. The van der Waals surface area contributed by atoms with Crippen LogP contribution in [0.25, 0.3) is 0 Å². The first-order chi connectivity index (χ1) is 44.0. The maximum atomic E-state index is 13.0. The average Bonchev–Trinajstić information content (AvgIpc) is 3.72. The Morgan fingerprint density at radius 3 is 0.747 bits per heavy atom. The minimum atomic E-state index is -4.95. The van der Waals surface area contributed by atoms with E-state index in [-0.39, 0.29) is 25.7 Å². The topological polar surface area (TPSA) is 237 Å². The highest BCUT2D eigenvalue weighted by Crippen LogP contribution is 2.45. The maximum absolute atomic E-state index is 13.0. The molecule has 2 unspecified atom stereocenters. The molecule has 0 saturated heterocycles. The van der Waals surface area contributed by atoms with Gasteiger partial charge in [-0.25, -0.2) is 9.13 Å². The summed E-state index contributed by atoms with van der Waals surface area (Å²) >= 11 is 0. The Balaban J connectivity index is 5.11. The van der Waals surface area contributed by atoms with E-state index in [0.717, 1.165) is 109 Å². The van der Waals surface area contributed by atoms with Crippen molar-refractivity contribution in [1.82, 2.24) is 0 Å². The van der Waals surface area contributed by atoms with Crippen molar-refractivity contribution in [3.8, 4) is 0 Å². The Labute approximate surface area is 556 Å². The van der Waals surface area contributed by atoms with Crippen LogP contribution >= 0.6 is 15.6 Å². The molecular weight excluding hydrogens is 1200 g/mol. The Kier molecular flexibility index (Phi) is 64.0. The van der Waals surface area contributed by atoms with Gasteiger partial charge in [-0.05, 0) is 31.6 Å². The first-order valence-corrected chi connectivity index (χ1v) is 40.6. The summed E-state index contributed by atoms with van der Waals surface area (Å²) in [6, 6.07) is 0. The molecule has 540 valence electrons. The summed E-state index contributed by atoms with van der Waals surface area (Å²) < 4.78 is 68.2. The van der Waals surface area contributed by atoms with Gasteiger partial charge in [-0.3, -0.25) is 37.3 Å². The van der Waals surface area contributed by atoms with Crippen molar-refractivity contribution in [2.24, 2.45) is 5.92 Å². The third-order valence-electron chi connectivity index (χ3n) is 16.8. The van der Waals surface area contributed by atoms with E-state index in [2.05, 4.69) is 34.6 Å². The van der Waals surface area contributed by atoms with Gasteiger partial charge in [-0.2, -0.15) is 0 Å². The summed E-state index contributed by atoms with van der Waals surface area (Å²) in [5.41, 5.74) is 0. The van der Waals surface area contributed by atoms with E-state index < -0.39 is 97.5 Å². The number of esters is 4. The lowest BCUT2D eigenvalue weighted by Gasteiger charge is -2.21. The summed E-state index contributed by atoms with van der Waals surface area (Å²) in [4.78, 5) is 72.4. The van der Waals surface area contributed by atoms with E-state index >= 15 is 0 Å². The van der Waals surface area contributed by atoms with E-state index in [4.69, 9.17) is 37.0 Å². The number of carbonyl (C=O) groups excluding carboxylic acids is 4. The maximum Gasteiger partial charge on any atom is 0.472 e. The fourth-order valence-electron chi connectivity index (χ4n) is 11.0. The van der Waals surface area contributed by atoms with Crippen molar-refractivity contribution in [2.75, 3.05) is 39.6 Å². The minimum absolute atomic E-state index is 0.107. The van der Waals surface area contributed by atoms with Crippen LogP contribution in [0.2, 0.25) is 0 Å². The van der Waals surface area contributed by atoms with Crippen LogP contribution in [0.5, 0.6) is 0 Å². The first-order valence-electron chi connectivity index (χ1n) is 37.6. The van der Waals surface area contributed by atoms with Crippen LogP contribution in [-0.2, 0) is 65.4 Å². The highest BCUT2D eigenvalue weighted by Gasteiger charge is 2.30. The van der Waals surface area contributed by atoms with E-state index in [0.29, 0.717) is 25.7 Å². The van der Waals surface area contributed by atoms with Crippen LogP contribution in [0.15, 0.2) is 0 Å². The molecular formula is C72H140O17P2. The molecule has 5 atom stereocenters. The second-order valence-corrected chi connectivity index (χ2v) is 29.4. The van der Waals surface area contributed by atoms with Crippen molar-refractivity contribution in [1.29, 1.82) is 0 Å². The zero-order valence-corrected chi connectivity index (χ0v) is 60.8. The number of phosphoric acid groups is 2. The molecule has 19 heteroatoms. The quantitative estimate of drug-likeness (QED) is 0.0222. The van der Waals surface area contributed by atoms with Crippen molar-refractivity contribution in [3.05, 3.63) is 0 Å². The average molecular weight is 1340 g/mol. The molecule has 0 saturated carbocycles. The van der Waals surface area contributed by atoms with Crippen molar-refractivity contribution in [3.63, 3.8) is 0 Å². The number of aliphatic hydroxyl groups excluding tert-OH is 1. The molecule has 0 spiro atoms. The number of rotatable bonds is 72. The fraction of sp³-hybridized carbons (Fsp3) is 0.944. The third kappa shape index (κ3) is 66.5. The molecule has 0 aliphatic rings. The molecule has 0 fully saturated rings. The number of hydrogen-bond acceptors (Lipinski definition) is 15. The number of aliphatic hydroxyl groups is 1. The van der Waals surface area contributed by atoms with E-state index in [1.165, 1.54) is 186 Å². The predicted molar refractivity (Wildman–Crippen MR) is 368 cm³/mol. The molecule has 0 radical (unpaired) electrons. The Hall–Kier alpha value is -1.94. The lowest BCUT2D eigenvalue weighted by molar-refractivity contribution is -0.161. The second kappa shape index (κ2) is 65.4. The lowest BCUT2D eigenvalue weighted by atomic mass is 10.0. The summed E-state index contributed by atoms with van der Waals surface area (Å²) in [5.74, 6) is -1.40. The fourth-order valence-corrected chi connectivity index (χ4v) is 12.6. The van der Waals surface area contributed by atoms with Crippen LogP contribution in [0, 0.1) is 5.92 Å². The summed E-state index contributed by atoms with van der Waals surface area (Å²) in [7, 11) is -9.89. The molecule has 0 aliphatic heterocycles. The molecule has 3 N–H and O–H groups in total. The number of carbonyl (C=O) groups is 4. The van der Waals surface area contributed by atoms with Gasteiger partial charge in [0, 0.05) is 25.7 Å². The van der Waals surface area contributed by atoms with Crippen molar-refractivity contribution in [2.45, 2.75) is 393 Å². The lowest BCUT2D eigenvalue weighted by Crippen LogP contribution is -2.30. The molecule has 0 bridgehead atoms. The number of hydrogen-bond donors (Lipinski definition) is 3. The molecule has 0 aromatic heterocycles. The first kappa shape index (κ1) is 89.1. The van der Waals surface area contributed by atoms with Gasteiger partial charge in [-0.15, -0.1) is 0 Å². The molecule has 0 aliphatic carbocycles.